The fourth-order valence-corrected chi connectivity index (χ4v) is 3.44. The molecule has 0 aliphatic rings. The van der Waals surface area contributed by atoms with E-state index in [0.717, 1.165) is 20.5 Å². The van der Waals surface area contributed by atoms with Gasteiger partial charge < -0.3 is 5.73 Å². The Kier molecular flexibility index (Phi) is 3.43. The first kappa shape index (κ1) is 12.4. The maximum Gasteiger partial charge on any atom is 0.128 e. The third kappa shape index (κ3) is 2.32. The molecule has 0 radical (unpaired) electrons. The molecule has 0 amide bonds. The highest BCUT2D eigenvalue weighted by atomic mass is 79.9. The van der Waals surface area contributed by atoms with E-state index in [1.165, 1.54) is 11.3 Å². The average molecular weight is 328 g/mol. The monoisotopic (exact) mass is 326 g/mol. The Bertz CT molecular complexity index is 608. The topological polar surface area (TPSA) is 49.8 Å². The van der Waals surface area contributed by atoms with Crippen LogP contribution in [0.1, 0.15) is 10.4 Å². The van der Waals surface area contributed by atoms with Gasteiger partial charge in [0, 0.05) is 14.4 Å². The normalized spacial score (nSPS) is 10.2. The van der Waals surface area contributed by atoms with E-state index < -0.39 is 0 Å². The summed E-state index contributed by atoms with van der Waals surface area (Å²) in [5, 5.41) is 9.61. The van der Waals surface area contributed by atoms with Gasteiger partial charge in [0.1, 0.15) is 10.9 Å². The number of anilines is 1. The van der Waals surface area contributed by atoms with Crippen LogP contribution >= 0.6 is 38.9 Å². The number of nitrogens with two attached hydrogens (primary N) is 1. The molecule has 2 N–H and O–H groups in total. The molecular weight excluding hydrogens is 320 g/mol. The van der Waals surface area contributed by atoms with Gasteiger partial charge in [0.2, 0.25) is 0 Å². The van der Waals surface area contributed by atoms with Crippen LogP contribution in [-0.4, -0.2) is 0 Å². The first-order valence-electron chi connectivity index (χ1n) is 4.78. The minimum Gasteiger partial charge on any atom is -0.397 e. The summed E-state index contributed by atoms with van der Waals surface area (Å²) in [6.07, 6.45) is 0. The number of halogens is 2. The van der Waals surface area contributed by atoms with E-state index in [9.17, 15) is 0 Å². The maximum absolute atomic E-state index is 8.96. The molecule has 0 saturated carbocycles. The molecule has 1 aromatic heterocycles. The minimum absolute atomic E-state index is 0.550. The Hall–Kier alpha value is -1.02. The van der Waals surface area contributed by atoms with Crippen LogP contribution in [0.5, 0.6) is 0 Å². The summed E-state index contributed by atoms with van der Waals surface area (Å²) in [4.78, 5) is 1.54. The lowest BCUT2D eigenvalue weighted by Crippen LogP contribution is -1.87. The van der Waals surface area contributed by atoms with Crippen molar-refractivity contribution in [2.24, 2.45) is 0 Å². The summed E-state index contributed by atoms with van der Waals surface area (Å²) in [7, 11) is 0. The lowest BCUT2D eigenvalue weighted by atomic mass is 10.1. The molecular formula is C12H8BrClN2S. The second-order valence-electron chi connectivity index (χ2n) is 3.57. The van der Waals surface area contributed by atoms with Gasteiger partial charge in [0.25, 0.3) is 0 Å². The number of nitrogens with zero attached hydrogens (tertiary/aromatic N) is 1. The van der Waals surface area contributed by atoms with E-state index in [1.807, 2.05) is 25.1 Å². The van der Waals surface area contributed by atoms with E-state index in [2.05, 4.69) is 22.0 Å². The van der Waals surface area contributed by atoms with Gasteiger partial charge in [-0.25, -0.2) is 0 Å². The molecule has 2 aromatic rings. The lowest BCUT2D eigenvalue weighted by Gasteiger charge is -2.02. The van der Waals surface area contributed by atoms with Gasteiger partial charge in [-0.1, -0.05) is 27.5 Å². The molecule has 1 heterocycles. The van der Waals surface area contributed by atoms with Crippen LogP contribution in [0.2, 0.25) is 5.02 Å². The number of nitriles is 1. The van der Waals surface area contributed by atoms with Gasteiger partial charge >= 0.3 is 0 Å². The van der Waals surface area contributed by atoms with Crippen molar-refractivity contribution >= 4 is 44.6 Å². The van der Waals surface area contributed by atoms with Crippen molar-refractivity contribution in [2.45, 2.75) is 6.92 Å². The molecule has 2 rings (SSSR count). The number of hydrogen-bond donors (Lipinski definition) is 1. The van der Waals surface area contributed by atoms with Crippen LogP contribution in [0.25, 0.3) is 10.4 Å². The fourth-order valence-electron chi connectivity index (χ4n) is 1.57. The van der Waals surface area contributed by atoms with Crippen LogP contribution in [0.4, 0.5) is 5.69 Å². The van der Waals surface area contributed by atoms with E-state index in [1.54, 1.807) is 0 Å². The molecule has 0 fully saturated rings. The summed E-state index contributed by atoms with van der Waals surface area (Å²) in [6, 6.07) is 7.76. The zero-order chi connectivity index (χ0) is 12.6. The van der Waals surface area contributed by atoms with Crippen LogP contribution in [0.15, 0.2) is 22.7 Å². The summed E-state index contributed by atoms with van der Waals surface area (Å²) in [5.74, 6) is 0. The second-order valence-corrected chi connectivity index (χ2v) is 5.94. The SMILES string of the molecule is Cc1c(-c2cc(Cl)cc(Br)c2)sc(C#N)c1N. The standard InChI is InChI=1S/C12H8BrClN2S/c1-6-11(16)10(5-15)17-12(6)7-2-8(13)4-9(14)3-7/h2-4H,16H2,1H3. The van der Waals surface area contributed by atoms with Gasteiger partial charge in [0.05, 0.1) is 5.69 Å². The Morgan fingerprint density at radius 3 is 2.65 bits per heavy atom. The molecule has 0 spiro atoms. The Morgan fingerprint density at radius 2 is 2.12 bits per heavy atom. The molecule has 2 nitrogen and oxygen atoms in total. The highest BCUT2D eigenvalue weighted by molar-refractivity contribution is 9.10. The van der Waals surface area contributed by atoms with E-state index in [4.69, 9.17) is 22.6 Å². The molecule has 86 valence electrons. The number of benzene rings is 1. The van der Waals surface area contributed by atoms with Crippen molar-refractivity contribution in [3.8, 4) is 16.5 Å². The first-order chi connectivity index (χ1) is 8.02. The first-order valence-corrected chi connectivity index (χ1v) is 6.77. The smallest absolute Gasteiger partial charge is 0.128 e. The van der Waals surface area contributed by atoms with Crippen molar-refractivity contribution in [2.75, 3.05) is 5.73 Å². The van der Waals surface area contributed by atoms with Gasteiger partial charge in [-0.15, -0.1) is 11.3 Å². The summed E-state index contributed by atoms with van der Waals surface area (Å²) < 4.78 is 0.907. The molecule has 0 atom stereocenters. The predicted molar refractivity (Wildman–Crippen MR) is 76.3 cm³/mol. The van der Waals surface area contributed by atoms with Crippen molar-refractivity contribution in [1.82, 2.24) is 0 Å². The summed E-state index contributed by atoms with van der Waals surface area (Å²) in [5.41, 5.74) is 8.33. The highest BCUT2D eigenvalue weighted by Crippen LogP contribution is 2.39. The van der Waals surface area contributed by atoms with Gasteiger partial charge in [-0.05, 0) is 36.2 Å². The number of hydrogen-bond acceptors (Lipinski definition) is 3. The van der Waals surface area contributed by atoms with Crippen molar-refractivity contribution in [3.05, 3.63) is 38.1 Å². The Morgan fingerprint density at radius 1 is 1.41 bits per heavy atom. The summed E-state index contributed by atoms with van der Waals surface area (Å²) in [6.45, 7) is 1.91. The van der Waals surface area contributed by atoms with Crippen molar-refractivity contribution in [1.29, 1.82) is 5.26 Å². The molecule has 0 aliphatic heterocycles. The molecule has 0 bridgehead atoms. The molecule has 1 aromatic carbocycles. The van der Waals surface area contributed by atoms with Gasteiger partial charge in [-0.3, -0.25) is 0 Å². The zero-order valence-electron chi connectivity index (χ0n) is 8.92. The molecule has 0 aliphatic carbocycles. The molecule has 5 heteroatoms. The van der Waals surface area contributed by atoms with Crippen molar-refractivity contribution < 1.29 is 0 Å². The fraction of sp³-hybridized carbons (Fsp3) is 0.0833. The van der Waals surface area contributed by atoms with E-state index >= 15 is 0 Å². The van der Waals surface area contributed by atoms with E-state index in [0.29, 0.717) is 15.6 Å². The predicted octanol–water partition coefficient (Wildman–Crippen LogP) is 4.59. The van der Waals surface area contributed by atoms with E-state index in [-0.39, 0.29) is 0 Å². The van der Waals surface area contributed by atoms with Gasteiger partial charge in [-0.2, -0.15) is 5.26 Å². The Balaban J connectivity index is 2.65. The highest BCUT2D eigenvalue weighted by Gasteiger charge is 2.14. The molecule has 0 unspecified atom stereocenters. The van der Waals surface area contributed by atoms with Crippen molar-refractivity contribution in [3.63, 3.8) is 0 Å². The minimum atomic E-state index is 0.550. The third-order valence-electron chi connectivity index (χ3n) is 2.42. The largest absolute Gasteiger partial charge is 0.397 e. The average Bonchev–Trinajstić information content (AvgIpc) is 2.54. The van der Waals surface area contributed by atoms with Gasteiger partial charge in [0.15, 0.2) is 0 Å². The number of rotatable bonds is 1. The third-order valence-corrected chi connectivity index (χ3v) is 4.36. The second kappa shape index (κ2) is 4.69. The van der Waals surface area contributed by atoms with Crippen LogP contribution < -0.4 is 5.73 Å². The summed E-state index contributed by atoms with van der Waals surface area (Å²) >= 11 is 10.8. The maximum atomic E-state index is 8.96. The lowest BCUT2D eigenvalue weighted by molar-refractivity contribution is 1.49. The number of thiophene rings is 1. The zero-order valence-corrected chi connectivity index (χ0v) is 12.1. The van der Waals surface area contributed by atoms with Crippen LogP contribution in [-0.2, 0) is 0 Å². The Labute approximate surface area is 117 Å². The van der Waals surface area contributed by atoms with Crippen LogP contribution in [0.3, 0.4) is 0 Å². The molecule has 0 saturated heterocycles. The molecule has 17 heavy (non-hydrogen) atoms. The number of nitrogen functional groups attached to an aromatic ring is 1. The van der Waals surface area contributed by atoms with Crippen LogP contribution in [0, 0.1) is 18.3 Å². The quantitative estimate of drug-likeness (QED) is 0.832.